The lowest BCUT2D eigenvalue weighted by Crippen LogP contribution is -2.40. The van der Waals surface area contributed by atoms with Gasteiger partial charge in [-0.1, -0.05) is 15.9 Å². The molecule has 1 aromatic carbocycles. The van der Waals surface area contributed by atoms with Crippen LogP contribution in [0.15, 0.2) is 22.7 Å². The largest absolute Gasteiger partial charge is 0.392 e. The smallest absolute Gasteiger partial charge is 0.237 e. The van der Waals surface area contributed by atoms with Gasteiger partial charge in [0, 0.05) is 17.6 Å². The molecule has 0 unspecified atom stereocenters. The number of amides is 1. The number of halogens is 2. The van der Waals surface area contributed by atoms with Crippen LogP contribution in [0, 0.1) is 5.82 Å². The molecule has 1 fully saturated rings. The number of benzene rings is 1. The van der Waals surface area contributed by atoms with Gasteiger partial charge in [-0.05, 0) is 30.2 Å². The molecule has 0 spiro atoms. The molecule has 1 saturated heterocycles. The normalized spacial score (nSPS) is 23.1. The van der Waals surface area contributed by atoms with Crippen LogP contribution in [0.25, 0.3) is 0 Å². The molecule has 98 valence electrons. The van der Waals surface area contributed by atoms with Crippen molar-refractivity contribution in [3.05, 3.63) is 34.1 Å². The van der Waals surface area contributed by atoms with E-state index in [2.05, 4.69) is 26.6 Å². The van der Waals surface area contributed by atoms with Crippen LogP contribution in [0.2, 0.25) is 0 Å². The lowest BCUT2D eigenvalue weighted by molar-refractivity contribution is -0.123. The number of aliphatic hydroxyl groups excluding tert-OH is 1. The van der Waals surface area contributed by atoms with Gasteiger partial charge in [-0.25, -0.2) is 4.39 Å². The van der Waals surface area contributed by atoms with Gasteiger partial charge in [0.05, 0.1) is 12.1 Å². The van der Waals surface area contributed by atoms with Crippen molar-refractivity contribution in [2.24, 2.45) is 0 Å². The van der Waals surface area contributed by atoms with Crippen molar-refractivity contribution in [3.63, 3.8) is 0 Å². The Kier molecular flexibility index (Phi) is 4.31. The maximum Gasteiger partial charge on any atom is 0.237 e. The summed E-state index contributed by atoms with van der Waals surface area (Å²) in [7, 11) is 0. The van der Waals surface area contributed by atoms with Gasteiger partial charge in [0.1, 0.15) is 5.82 Å². The first-order chi connectivity index (χ1) is 8.56. The predicted octanol–water partition coefficient (Wildman–Crippen LogP) is 0.927. The van der Waals surface area contributed by atoms with Crippen LogP contribution in [0.3, 0.4) is 0 Å². The van der Waals surface area contributed by atoms with E-state index in [-0.39, 0.29) is 24.3 Å². The Bertz CT molecular complexity index is 456. The van der Waals surface area contributed by atoms with Crippen LogP contribution in [0.4, 0.5) is 4.39 Å². The second kappa shape index (κ2) is 5.77. The molecule has 2 atom stereocenters. The molecule has 0 radical (unpaired) electrons. The number of hydrogen-bond acceptors (Lipinski definition) is 3. The molecular formula is C12H14BrFN2O2. The van der Waals surface area contributed by atoms with Crippen molar-refractivity contribution in [1.82, 2.24) is 10.6 Å². The van der Waals surface area contributed by atoms with Gasteiger partial charge >= 0.3 is 0 Å². The van der Waals surface area contributed by atoms with Crippen molar-refractivity contribution >= 4 is 21.8 Å². The average molecular weight is 317 g/mol. The highest BCUT2D eigenvalue weighted by atomic mass is 79.9. The zero-order valence-electron chi connectivity index (χ0n) is 9.62. The zero-order valence-corrected chi connectivity index (χ0v) is 11.2. The monoisotopic (exact) mass is 316 g/mol. The highest BCUT2D eigenvalue weighted by Crippen LogP contribution is 2.17. The summed E-state index contributed by atoms with van der Waals surface area (Å²) >= 11 is 3.30. The molecule has 18 heavy (non-hydrogen) atoms. The van der Waals surface area contributed by atoms with Gasteiger partial charge in [0.15, 0.2) is 0 Å². The average Bonchev–Trinajstić information content (AvgIpc) is 2.77. The molecule has 0 bridgehead atoms. The summed E-state index contributed by atoms with van der Waals surface area (Å²) in [4.78, 5) is 11.8. The molecule has 1 amide bonds. The summed E-state index contributed by atoms with van der Waals surface area (Å²) in [6, 6.07) is 3.97. The summed E-state index contributed by atoms with van der Waals surface area (Å²) in [6.45, 7) is 0.688. The summed E-state index contributed by atoms with van der Waals surface area (Å²) in [5.74, 6) is -0.514. The molecule has 0 aromatic heterocycles. The summed E-state index contributed by atoms with van der Waals surface area (Å²) < 4.78 is 13.8. The van der Waals surface area contributed by atoms with E-state index >= 15 is 0 Å². The molecule has 3 N–H and O–H groups in total. The van der Waals surface area contributed by atoms with Crippen LogP contribution >= 0.6 is 15.9 Å². The topological polar surface area (TPSA) is 61.4 Å². The minimum atomic E-state index is -0.471. The number of hydrogen-bond donors (Lipinski definition) is 3. The van der Waals surface area contributed by atoms with Crippen LogP contribution < -0.4 is 10.6 Å². The zero-order chi connectivity index (χ0) is 13.1. The molecule has 1 aliphatic heterocycles. The van der Waals surface area contributed by atoms with Gasteiger partial charge in [-0.15, -0.1) is 0 Å². The first-order valence-electron chi connectivity index (χ1n) is 5.69. The number of β-amino-alcohol motifs (C(OH)–C–C–N with tert-alkyl or cyclic N) is 1. The van der Waals surface area contributed by atoms with Gasteiger partial charge in [0.25, 0.3) is 0 Å². The Hall–Kier alpha value is -0.980. The van der Waals surface area contributed by atoms with Crippen LogP contribution in [0.1, 0.15) is 12.0 Å². The molecule has 0 saturated carbocycles. The highest BCUT2D eigenvalue weighted by Gasteiger charge is 2.27. The van der Waals surface area contributed by atoms with Crippen molar-refractivity contribution in [2.75, 3.05) is 6.54 Å². The number of carbonyl (C=O) groups is 1. The third-order valence-electron chi connectivity index (χ3n) is 2.88. The van der Waals surface area contributed by atoms with Gasteiger partial charge in [0.2, 0.25) is 5.91 Å². The van der Waals surface area contributed by atoms with Crippen LogP contribution in [-0.2, 0) is 11.3 Å². The summed E-state index contributed by atoms with van der Waals surface area (Å²) in [5.41, 5.74) is 0.682. The van der Waals surface area contributed by atoms with E-state index in [9.17, 15) is 14.3 Å². The second-order valence-corrected chi connectivity index (χ2v) is 5.16. The first-order valence-corrected chi connectivity index (χ1v) is 6.48. The van der Waals surface area contributed by atoms with E-state index in [4.69, 9.17) is 0 Å². The first kappa shape index (κ1) is 13.5. The molecule has 2 rings (SSSR count). The fourth-order valence-electron chi connectivity index (χ4n) is 1.90. The fourth-order valence-corrected chi connectivity index (χ4v) is 2.29. The van der Waals surface area contributed by atoms with E-state index < -0.39 is 6.10 Å². The Labute approximate surface area is 113 Å². The highest BCUT2D eigenvalue weighted by molar-refractivity contribution is 9.10. The summed E-state index contributed by atoms with van der Waals surface area (Å²) in [6.07, 6.45) is -0.0578. The Morgan fingerprint density at radius 2 is 2.39 bits per heavy atom. The Morgan fingerprint density at radius 3 is 3.06 bits per heavy atom. The predicted molar refractivity (Wildman–Crippen MR) is 68.4 cm³/mol. The van der Waals surface area contributed by atoms with E-state index in [1.165, 1.54) is 12.1 Å². The van der Waals surface area contributed by atoms with Crippen molar-refractivity contribution in [1.29, 1.82) is 0 Å². The molecule has 1 aliphatic rings. The molecule has 0 aliphatic carbocycles. The number of aliphatic hydroxyl groups is 1. The second-order valence-electron chi connectivity index (χ2n) is 4.30. The maximum atomic E-state index is 13.0. The number of carbonyl (C=O) groups excluding carboxylic acids is 1. The fraction of sp³-hybridized carbons (Fsp3) is 0.417. The Morgan fingerprint density at radius 1 is 1.61 bits per heavy atom. The van der Waals surface area contributed by atoms with Crippen molar-refractivity contribution in [3.8, 4) is 0 Å². The molecular weight excluding hydrogens is 303 g/mol. The third kappa shape index (κ3) is 3.28. The number of rotatable bonds is 3. The van der Waals surface area contributed by atoms with Crippen molar-refractivity contribution < 1.29 is 14.3 Å². The van der Waals surface area contributed by atoms with Gasteiger partial charge < -0.3 is 15.7 Å². The minimum absolute atomic E-state index is 0.178. The molecule has 4 nitrogen and oxygen atoms in total. The van der Waals surface area contributed by atoms with Gasteiger partial charge in [-0.3, -0.25) is 4.79 Å². The van der Waals surface area contributed by atoms with Crippen LogP contribution in [0.5, 0.6) is 0 Å². The SMILES string of the molecule is O=C(NCc1cc(F)ccc1Br)[C@H]1C[C@H](O)CN1. The van der Waals surface area contributed by atoms with E-state index in [1.807, 2.05) is 0 Å². The summed E-state index contributed by atoms with van der Waals surface area (Å²) in [5, 5.41) is 15.0. The number of nitrogens with one attached hydrogen (secondary N) is 2. The van der Waals surface area contributed by atoms with E-state index in [0.29, 0.717) is 18.5 Å². The van der Waals surface area contributed by atoms with Gasteiger partial charge in [-0.2, -0.15) is 0 Å². The molecule has 6 heteroatoms. The molecule has 1 aromatic rings. The minimum Gasteiger partial charge on any atom is -0.392 e. The third-order valence-corrected chi connectivity index (χ3v) is 3.66. The lowest BCUT2D eigenvalue weighted by atomic mass is 10.1. The van der Waals surface area contributed by atoms with Crippen LogP contribution in [-0.4, -0.2) is 29.7 Å². The maximum absolute atomic E-state index is 13.0. The van der Waals surface area contributed by atoms with Crippen molar-refractivity contribution in [2.45, 2.75) is 25.1 Å². The molecule has 1 heterocycles. The lowest BCUT2D eigenvalue weighted by Gasteiger charge is -2.12. The Balaban J connectivity index is 1.91. The quantitative estimate of drug-likeness (QED) is 0.777. The van der Waals surface area contributed by atoms with E-state index in [0.717, 1.165) is 4.47 Å². The standard InChI is InChI=1S/C12H14BrFN2O2/c13-10-2-1-8(14)3-7(10)5-16-12(18)11-4-9(17)6-15-11/h1-3,9,11,15,17H,4-6H2,(H,16,18)/t9-,11+/m0/s1. The van der Waals surface area contributed by atoms with E-state index in [1.54, 1.807) is 6.07 Å².